The van der Waals surface area contributed by atoms with Gasteiger partial charge in [0.25, 0.3) is 0 Å². The molecule has 0 saturated carbocycles. The summed E-state index contributed by atoms with van der Waals surface area (Å²) >= 11 is 5.31. The maximum Gasteiger partial charge on any atom is 0.129 e. The van der Waals surface area contributed by atoms with Gasteiger partial charge in [-0.15, -0.1) is 11.8 Å². The predicted molar refractivity (Wildman–Crippen MR) is 107 cm³/mol. The van der Waals surface area contributed by atoms with Crippen molar-refractivity contribution in [2.45, 2.75) is 17.1 Å². The van der Waals surface area contributed by atoms with Crippen molar-refractivity contribution >= 4 is 33.5 Å². The fourth-order valence-electron chi connectivity index (χ4n) is 2.68. The molecule has 0 spiro atoms. The lowest BCUT2D eigenvalue weighted by molar-refractivity contribution is 0.411. The first-order chi connectivity index (χ1) is 12.2. The molecule has 0 amide bonds. The van der Waals surface area contributed by atoms with Gasteiger partial charge in [0.05, 0.1) is 14.2 Å². The van der Waals surface area contributed by atoms with Gasteiger partial charge >= 0.3 is 0 Å². The number of nitrogens with one attached hydrogen (secondary N) is 1. The molecule has 0 saturated heterocycles. The Morgan fingerprint density at radius 2 is 2.04 bits per heavy atom. The molecule has 1 heterocycles. The van der Waals surface area contributed by atoms with Crippen molar-refractivity contribution in [2.75, 3.05) is 27.3 Å². The van der Waals surface area contributed by atoms with Gasteiger partial charge in [-0.1, -0.05) is 15.9 Å². The van der Waals surface area contributed by atoms with Crippen molar-refractivity contribution in [3.63, 3.8) is 0 Å². The van der Waals surface area contributed by atoms with Gasteiger partial charge in [-0.3, -0.25) is 4.99 Å². The maximum atomic E-state index is 5.48. The van der Waals surface area contributed by atoms with Crippen molar-refractivity contribution < 1.29 is 9.47 Å². The summed E-state index contributed by atoms with van der Waals surface area (Å²) < 4.78 is 11.9. The average molecular weight is 421 g/mol. The molecule has 3 rings (SSSR count). The van der Waals surface area contributed by atoms with E-state index in [1.807, 2.05) is 18.2 Å². The number of rotatable bonds is 6. The standard InChI is InChI=1S/C19H21BrN2O2S/c1-23-15-5-7-18(16(11-15)19-21-8-3-9-22-19)25-12-13-10-14(20)4-6-17(13)24-2/h4-7,10-11H,3,8-9,12H2,1-2H3,(H,21,22). The zero-order valence-corrected chi connectivity index (χ0v) is 16.7. The van der Waals surface area contributed by atoms with E-state index in [-0.39, 0.29) is 0 Å². The predicted octanol–water partition coefficient (Wildman–Crippen LogP) is 4.50. The van der Waals surface area contributed by atoms with Gasteiger partial charge in [-0.25, -0.2) is 0 Å². The monoisotopic (exact) mass is 420 g/mol. The fraction of sp³-hybridized carbons (Fsp3) is 0.316. The molecule has 1 aliphatic rings. The second-order valence-corrected chi connectivity index (χ2v) is 7.55. The molecule has 132 valence electrons. The van der Waals surface area contributed by atoms with Gasteiger partial charge in [-0.2, -0.15) is 0 Å². The lowest BCUT2D eigenvalue weighted by Gasteiger charge is -2.18. The van der Waals surface area contributed by atoms with Crippen LogP contribution in [0, 0.1) is 0 Å². The summed E-state index contributed by atoms with van der Waals surface area (Å²) in [5, 5.41) is 3.41. The maximum absolute atomic E-state index is 5.48. The van der Waals surface area contributed by atoms with Gasteiger partial charge in [0.15, 0.2) is 0 Å². The second kappa shape index (κ2) is 8.63. The van der Waals surface area contributed by atoms with Crippen LogP contribution in [-0.4, -0.2) is 33.1 Å². The summed E-state index contributed by atoms with van der Waals surface area (Å²) in [5.74, 6) is 3.51. The van der Waals surface area contributed by atoms with Gasteiger partial charge < -0.3 is 14.8 Å². The van der Waals surface area contributed by atoms with Crippen molar-refractivity contribution in [1.29, 1.82) is 0 Å². The number of thioether (sulfide) groups is 1. The van der Waals surface area contributed by atoms with Gasteiger partial charge in [0.2, 0.25) is 0 Å². The van der Waals surface area contributed by atoms with E-state index in [0.29, 0.717) is 0 Å². The normalized spacial score (nSPS) is 13.8. The van der Waals surface area contributed by atoms with E-state index in [2.05, 4.69) is 44.4 Å². The Bertz CT molecular complexity index is 780. The van der Waals surface area contributed by atoms with E-state index >= 15 is 0 Å². The quantitative estimate of drug-likeness (QED) is 0.698. The SMILES string of the molecule is COc1ccc(SCc2cc(Br)ccc2OC)c(C2=NCCCN2)c1. The van der Waals surface area contributed by atoms with Crippen molar-refractivity contribution in [3.8, 4) is 11.5 Å². The first-order valence-corrected chi connectivity index (χ1v) is 9.91. The first kappa shape index (κ1) is 18.1. The van der Waals surface area contributed by atoms with Gasteiger partial charge in [-0.05, 0) is 42.8 Å². The Labute approximate surface area is 161 Å². The van der Waals surface area contributed by atoms with Crippen LogP contribution in [0.15, 0.2) is 50.8 Å². The lowest BCUT2D eigenvalue weighted by atomic mass is 10.1. The molecule has 0 radical (unpaired) electrons. The molecule has 0 aromatic heterocycles. The number of ether oxygens (including phenoxy) is 2. The Hall–Kier alpha value is -1.66. The zero-order valence-electron chi connectivity index (χ0n) is 14.3. The number of halogens is 1. The number of nitrogens with zero attached hydrogens (tertiary/aromatic N) is 1. The van der Waals surface area contributed by atoms with Gasteiger partial charge in [0, 0.05) is 39.3 Å². The number of hydrogen-bond donors (Lipinski definition) is 1. The van der Waals surface area contributed by atoms with Crippen LogP contribution >= 0.6 is 27.7 Å². The Kier molecular flexibility index (Phi) is 6.26. The Balaban J connectivity index is 1.87. The third-order valence-electron chi connectivity index (χ3n) is 3.96. The van der Waals surface area contributed by atoms with Crippen molar-refractivity contribution in [2.24, 2.45) is 4.99 Å². The fourth-order valence-corrected chi connectivity index (χ4v) is 4.10. The van der Waals surface area contributed by atoms with Crippen LogP contribution in [0.5, 0.6) is 11.5 Å². The molecule has 0 aliphatic carbocycles. The summed E-state index contributed by atoms with van der Waals surface area (Å²) in [4.78, 5) is 5.82. The second-order valence-electron chi connectivity index (χ2n) is 5.62. The van der Waals surface area contributed by atoms with Crippen LogP contribution in [0.1, 0.15) is 17.5 Å². The average Bonchev–Trinajstić information content (AvgIpc) is 2.67. The summed E-state index contributed by atoms with van der Waals surface area (Å²) in [6, 6.07) is 12.2. The lowest BCUT2D eigenvalue weighted by Crippen LogP contribution is -2.30. The van der Waals surface area contributed by atoms with Gasteiger partial charge in [0.1, 0.15) is 17.3 Å². The molecule has 1 aliphatic heterocycles. The molecular formula is C19H21BrN2O2S. The van der Waals surface area contributed by atoms with E-state index in [1.54, 1.807) is 26.0 Å². The molecule has 4 nitrogen and oxygen atoms in total. The summed E-state index contributed by atoms with van der Waals surface area (Å²) in [5.41, 5.74) is 2.25. The van der Waals surface area contributed by atoms with E-state index in [4.69, 9.17) is 9.47 Å². The largest absolute Gasteiger partial charge is 0.497 e. The minimum Gasteiger partial charge on any atom is -0.497 e. The summed E-state index contributed by atoms with van der Waals surface area (Å²) in [6.45, 7) is 1.82. The highest BCUT2D eigenvalue weighted by Crippen LogP contribution is 2.33. The van der Waals surface area contributed by atoms with E-state index in [0.717, 1.165) is 58.2 Å². The van der Waals surface area contributed by atoms with E-state index in [9.17, 15) is 0 Å². The topological polar surface area (TPSA) is 42.9 Å². The zero-order chi connectivity index (χ0) is 17.6. The Morgan fingerprint density at radius 1 is 1.16 bits per heavy atom. The molecule has 2 aromatic carbocycles. The van der Waals surface area contributed by atoms with Crippen LogP contribution in [0.25, 0.3) is 0 Å². The smallest absolute Gasteiger partial charge is 0.129 e. The minimum absolute atomic E-state index is 0.815. The van der Waals surface area contributed by atoms with Crippen LogP contribution in [0.3, 0.4) is 0 Å². The number of hydrogen-bond acceptors (Lipinski definition) is 5. The van der Waals surface area contributed by atoms with Crippen molar-refractivity contribution in [3.05, 3.63) is 52.0 Å². The third kappa shape index (κ3) is 4.50. The Morgan fingerprint density at radius 3 is 2.76 bits per heavy atom. The number of methoxy groups -OCH3 is 2. The number of aliphatic imine (C=N–C) groups is 1. The van der Waals surface area contributed by atoms with Crippen LogP contribution in [0.4, 0.5) is 0 Å². The summed E-state index contributed by atoms with van der Waals surface area (Å²) in [6.07, 6.45) is 1.07. The van der Waals surface area contributed by atoms with Crippen LogP contribution < -0.4 is 14.8 Å². The van der Waals surface area contributed by atoms with E-state index < -0.39 is 0 Å². The molecule has 0 bridgehead atoms. The third-order valence-corrected chi connectivity index (χ3v) is 5.58. The van der Waals surface area contributed by atoms with Crippen LogP contribution in [-0.2, 0) is 5.75 Å². The molecule has 6 heteroatoms. The molecule has 1 N–H and O–H groups in total. The van der Waals surface area contributed by atoms with E-state index in [1.165, 1.54) is 4.90 Å². The highest BCUT2D eigenvalue weighted by Gasteiger charge is 2.14. The minimum atomic E-state index is 0.815. The summed E-state index contributed by atoms with van der Waals surface area (Å²) in [7, 11) is 3.39. The molecular weight excluding hydrogens is 400 g/mol. The van der Waals surface area contributed by atoms with Crippen LogP contribution in [0.2, 0.25) is 0 Å². The highest BCUT2D eigenvalue weighted by molar-refractivity contribution is 9.10. The number of amidine groups is 1. The molecule has 0 atom stereocenters. The number of benzene rings is 2. The molecule has 0 fully saturated rings. The molecule has 25 heavy (non-hydrogen) atoms. The molecule has 0 unspecified atom stereocenters. The van der Waals surface area contributed by atoms with Crippen molar-refractivity contribution in [1.82, 2.24) is 5.32 Å². The highest BCUT2D eigenvalue weighted by atomic mass is 79.9. The molecule has 2 aromatic rings. The first-order valence-electron chi connectivity index (χ1n) is 8.13.